The Morgan fingerprint density at radius 2 is 1.67 bits per heavy atom. The highest BCUT2D eigenvalue weighted by Crippen LogP contribution is 2.24. The summed E-state index contributed by atoms with van der Waals surface area (Å²) in [4.78, 5) is 4.25. The molecule has 7 nitrogen and oxygen atoms in total. The number of nitrogens with zero attached hydrogens (tertiary/aromatic N) is 3. The number of benzene rings is 3. The van der Waals surface area contributed by atoms with E-state index in [1.807, 2.05) is 0 Å². The zero-order valence-corrected chi connectivity index (χ0v) is 19.2. The summed E-state index contributed by atoms with van der Waals surface area (Å²) in [6.07, 6.45) is -3.31. The van der Waals surface area contributed by atoms with Gasteiger partial charge in [-0.05, 0) is 78.4 Å². The first kappa shape index (κ1) is 25.1. The minimum atomic E-state index is -4.76. The summed E-state index contributed by atoms with van der Waals surface area (Å²) >= 11 is 5.32. The molecule has 3 aromatic carbocycles. The fraction of sp³-hybridized carbons (Fsp3) is 0.125. The van der Waals surface area contributed by atoms with Crippen molar-refractivity contribution in [1.82, 2.24) is 20.1 Å². The number of aliphatic hydroxyl groups is 1. The van der Waals surface area contributed by atoms with E-state index in [0.29, 0.717) is 28.3 Å². The van der Waals surface area contributed by atoms with Gasteiger partial charge in [-0.15, -0.1) is 18.3 Å². The molecule has 0 saturated heterocycles. The van der Waals surface area contributed by atoms with Crippen molar-refractivity contribution in [2.24, 2.45) is 0 Å². The van der Waals surface area contributed by atoms with E-state index in [4.69, 9.17) is 12.2 Å². The average molecular weight is 518 g/mol. The second kappa shape index (κ2) is 10.7. The lowest BCUT2D eigenvalue weighted by Gasteiger charge is -2.19. The van der Waals surface area contributed by atoms with Gasteiger partial charge in [-0.2, -0.15) is 0 Å². The SMILES string of the molecule is OCC(NC(=S)Nc1ccc(-c2ncn(-c3ccc(OC(F)(F)F)cc3)n2)cc1)c1ccc(F)cc1. The highest BCUT2D eigenvalue weighted by molar-refractivity contribution is 7.80. The standard InChI is InChI=1S/C24H19F4N5O2S/c25-17-5-1-15(2-6-17)21(13-34)31-23(36)30-18-7-3-16(4-8-18)22-29-14-33(32-22)19-9-11-20(12-10-19)35-24(26,27)28/h1-12,14,21,34H,13H2,(H2,30,31,36). The lowest BCUT2D eigenvalue weighted by molar-refractivity contribution is -0.274. The van der Waals surface area contributed by atoms with E-state index in [1.165, 1.54) is 47.4 Å². The second-order valence-electron chi connectivity index (χ2n) is 7.52. The van der Waals surface area contributed by atoms with Gasteiger partial charge in [0, 0.05) is 11.3 Å². The van der Waals surface area contributed by atoms with E-state index in [9.17, 15) is 22.7 Å². The number of hydrogen-bond donors (Lipinski definition) is 3. The minimum Gasteiger partial charge on any atom is -0.406 e. The zero-order valence-electron chi connectivity index (χ0n) is 18.4. The highest BCUT2D eigenvalue weighted by Gasteiger charge is 2.31. The fourth-order valence-corrected chi connectivity index (χ4v) is 3.54. The first-order chi connectivity index (χ1) is 17.2. The van der Waals surface area contributed by atoms with Gasteiger partial charge in [0.25, 0.3) is 0 Å². The Labute approximate surface area is 208 Å². The molecule has 0 bridgehead atoms. The van der Waals surface area contributed by atoms with Crippen LogP contribution in [-0.2, 0) is 0 Å². The van der Waals surface area contributed by atoms with Crippen LogP contribution in [0.2, 0.25) is 0 Å². The largest absolute Gasteiger partial charge is 0.573 e. The lowest BCUT2D eigenvalue weighted by Crippen LogP contribution is -2.34. The van der Waals surface area contributed by atoms with Gasteiger partial charge in [0.05, 0.1) is 18.3 Å². The Bertz CT molecular complexity index is 1310. The van der Waals surface area contributed by atoms with Gasteiger partial charge in [-0.25, -0.2) is 14.1 Å². The van der Waals surface area contributed by atoms with E-state index in [0.717, 1.165) is 0 Å². The topological polar surface area (TPSA) is 84.2 Å². The Morgan fingerprint density at radius 3 is 2.28 bits per heavy atom. The molecule has 0 radical (unpaired) electrons. The molecule has 0 aliphatic rings. The quantitative estimate of drug-likeness (QED) is 0.235. The van der Waals surface area contributed by atoms with Gasteiger partial charge < -0.3 is 20.5 Å². The highest BCUT2D eigenvalue weighted by atomic mass is 32.1. The number of hydrogen-bond acceptors (Lipinski definition) is 5. The number of anilines is 1. The third-order valence-corrected chi connectivity index (χ3v) is 5.21. The number of aliphatic hydroxyl groups excluding tert-OH is 1. The molecule has 12 heteroatoms. The van der Waals surface area contributed by atoms with Crippen molar-refractivity contribution in [3.63, 3.8) is 0 Å². The van der Waals surface area contributed by atoms with Crippen molar-refractivity contribution in [3.8, 4) is 22.8 Å². The van der Waals surface area contributed by atoms with Crippen LogP contribution in [0.4, 0.5) is 23.2 Å². The molecule has 0 amide bonds. The molecule has 0 saturated carbocycles. The van der Waals surface area contributed by atoms with E-state index >= 15 is 0 Å². The molecule has 0 aliphatic carbocycles. The molecule has 1 unspecified atom stereocenters. The summed E-state index contributed by atoms with van der Waals surface area (Å²) in [5.41, 5.74) is 2.57. The van der Waals surface area contributed by atoms with E-state index in [1.54, 1.807) is 36.4 Å². The third kappa shape index (κ3) is 6.55. The molecule has 186 valence electrons. The van der Waals surface area contributed by atoms with Gasteiger partial charge in [0.15, 0.2) is 10.9 Å². The number of nitrogens with one attached hydrogen (secondary N) is 2. The summed E-state index contributed by atoms with van der Waals surface area (Å²) in [6, 6.07) is 17.6. The van der Waals surface area contributed by atoms with Gasteiger partial charge in [0.1, 0.15) is 17.9 Å². The molecule has 1 heterocycles. The molecule has 1 atom stereocenters. The molecule has 4 rings (SSSR count). The Kier molecular flexibility index (Phi) is 7.46. The molecular formula is C24H19F4N5O2S. The third-order valence-electron chi connectivity index (χ3n) is 4.99. The average Bonchev–Trinajstić information content (AvgIpc) is 3.33. The maximum Gasteiger partial charge on any atom is 0.573 e. The molecule has 3 N–H and O–H groups in total. The normalized spacial score (nSPS) is 12.1. The van der Waals surface area contributed by atoms with Crippen LogP contribution in [0.15, 0.2) is 79.1 Å². The Balaban J connectivity index is 1.38. The first-order valence-corrected chi connectivity index (χ1v) is 10.9. The summed E-state index contributed by atoms with van der Waals surface area (Å²) in [5.74, 6) is -0.288. The van der Waals surface area contributed by atoms with Crippen LogP contribution >= 0.6 is 12.2 Å². The van der Waals surface area contributed by atoms with Gasteiger partial charge in [-0.3, -0.25) is 0 Å². The molecule has 0 spiro atoms. The Hall–Kier alpha value is -4.03. The van der Waals surface area contributed by atoms with Crippen LogP contribution in [0.1, 0.15) is 11.6 Å². The first-order valence-electron chi connectivity index (χ1n) is 10.5. The van der Waals surface area contributed by atoms with Crippen molar-refractivity contribution in [2.75, 3.05) is 11.9 Å². The lowest BCUT2D eigenvalue weighted by atomic mass is 10.1. The number of rotatable bonds is 7. The van der Waals surface area contributed by atoms with E-state index in [-0.39, 0.29) is 23.3 Å². The smallest absolute Gasteiger partial charge is 0.406 e. The number of halogens is 4. The van der Waals surface area contributed by atoms with Crippen LogP contribution < -0.4 is 15.4 Å². The molecule has 1 aromatic heterocycles. The van der Waals surface area contributed by atoms with Crippen molar-refractivity contribution >= 4 is 23.0 Å². The van der Waals surface area contributed by atoms with Crippen molar-refractivity contribution in [2.45, 2.75) is 12.4 Å². The summed E-state index contributed by atoms with van der Waals surface area (Å²) < 4.78 is 55.4. The number of aromatic nitrogens is 3. The van der Waals surface area contributed by atoms with E-state index < -0.39 is 12.4 Å². The minimum absolute atomic E-state index is 0.237. The summed E-state index contributed by atoms with van der Waals surface area (Å²) in [7, 11) is 0. The van der Waals surface area contributed by atoms with Crippen LogP contribution in [0.25, 0.3) is 17.1 Å². The Morgan fingerprint density at radius 1 is 1.00 bits per heavy atom. The second-order valence-corrected chi connectivity index (χ2v) is 7.93. The van der Waals surface area contributed by atoms with E-state index in [2.05, 4.69) is 25.5 Å². The molecule has 36 heavy (non-hydrogen) atoms. The predicted molar refractivity (Wildman–Crippen MR) is 129 cm³/mol. The maximum atomic E-state index is 13.1. The summed E-state index contributed by atoms with van der Waals surface area (Å²) in [6.45, 7) is -0.237. The number of alkyl halides is 3. The molecule has 0 aliphatic heterocycles. The van der Waals surface area contributed by atoms with Crippen LogP contribution in [0.3, 0.4) is 0 Å². The van der Waals surface area contributed by atoms with Crippen molar-refractivity contribution in [3.05, 3.63) is 90.5 Å². The molecule has 0 fully saturated rings. The van der Waals surface area contributed by atoms with Gasteiger partial charge >= 0.3 is 6.36 Å². The zero-order chi connectivity index (χ0) is 25.7. The molecule has 4 aromatic rings. The molecular weight excluding hydrogens is 498 g/mol. The predicted octanol–water partition coefficient (Wildman–Crippen LogP) is 4.99. The van der Waals surface area contributed by atoms with Gasteiger partial charge in [-0.1, -0.05) is 12.1 Å². The van der Waals surface area contributed by atoms with Crippen molar-refractivity contribution < 1.29 is 27.4 Å². The van der Waals surface area contributed by atoms with Crippen molar-refractivity contribution in [1.29, 1.82) is 0 Å². The number of thiocarbonyl (C=S) groups is 1. The van der Waals surface area contributed by atoms with Crippen LogP contribution in [0.5, 0.6) is 5.75 Å². The number of ether oxygens (including phenoxy) is 1. The van der Waals surface area contributed by atoms with Crippen LogP contribution in [0, 0.1) is 5.82 Å². The monoisotopic (exact) mass is 517 g/mol. The van der Waals surface area contributed by atoms with Crippen LogP contribution in [-0.4, -0.2) is 38.0 Å². The summed E-state index contributed by atoms with van der Waals surface area (Å²) in [5, 5.41) is 20.3. The van der Waals surface area contributed by atoms with Gasteiger partial charge in [0.2, 0.25) is 0 Å². The maximum absolute atomic E-state index is 13.1. The fourth-order valence-electron chi connectivity index (χ4n) is 3.28.